The van der Waals surface area contributed by atoms with Crippen molar-refractivity contribution in [3.05, 3.63) is 71.5 Å². The average molecular weight is 526 g/mol. The number of thioether (sulfide) groups is 1. The number of fused-ring (bicyclic) bond motifs is 1. The number of halogens is 1. The first-order chi connectivity index (χ1) is 17.3. The molecule has 2 aromatic carbocycles. The molecular weight excluding hydrogens is 498 g/mol. The van der Waals surface area contributed by atoms with Crippen LogP contribution in [0.1, 0.15) is 19.4 Å². The predicted molar refractivity (Wildman–Crippen MR) is 144 cm³/mol. The first-order valence-electron chi connectivity index (χ1n) is 11.8. The van der Waals surface area contributed by atoms with Crippen molar-refractivity contribution >= 4 is 46.0 Å². The van der Waals surface area contributed by atoms with Gasteiger partial charge in [0.1, 0.15) is 11.4 Å². The molecule has 4 aromatic rings. The number of hydrogen-bond donors (Lipinski definition) is 3. The van der Waals surface area contributed by atoms with Crippen molar-refractivity contribution in [3.8, 4) is 11.4 Å². The molecular formula is C26H28ClN5O3S. The molecule has 0 spiro atoms. The van der Waals surface area contributed by atoms with Gasteiger partial charge in [0.2, 0.25) is 5.95 Å². The zero-order valence-corrected chi connectivity index (χ0v) is 21.6. The lowest BCUT2D eigenvalue weighted by Gasteiger charge is -2.38. The van der Waals surface area contributed by atoms with Crippen molar-refractivity contribution in [1.29, 1.82) is 0 Å². The van der Waals surface area contributed by atoms with Crippen LogP contribution in [-0.4, -0.2) is 60.3 Å². The fourth-order valence-electron chi connectivity index (χ4n) is 4.18. The van der Waals surface area contributed by atoms with E-state index in [9.17, 15) is 10.2 Å². The first kappa shape index (κ1) is 24.9. The Balaban J connectivity index is 1.40. The van der Waals surface area contributed by atoms with E-state index in [1.54, 1.807) is 35.0 Å². The third-order valence-electron chi connectivity index (χ3n) is 5.95. The molecule has 5 rings (SSSR count). The maximum Gasteiger partial charge on any atom is 0.254 e. The molecule has 3 heterocycles. The van der Waals surface area contributed by atoms with Crippen molar-refractivity contribution < 1.29 is 14.9 Å². The zero-order valence-electron chi connectivity index (χ0n) is 20.1. The number of benzene rings is 2. The van der Waals surface area contributed by atoms with Gasteiger partial charge in [0.05, 0.1) is 11.1 Å². The Morgan fingerprint density at radius 2 is 1.83 bits per heavy atom. The first-order valence-corrected chi connectivity index (χ1v) is 13.3. The molecule has 0 bridgehead atoms. The van der Waals surface area contributed by atoms with Gasteiger partial charge in [-0.25, -0.2) is 9.88 Å². The smallest absolute Gasteiger partial charge is 0.254 e. The Morgan fingerprint density at radius 3 is 2.53 bits per heavy atom. The van der Waals surface area contributed by atoms with Crippen molar-refractivity contribution in [2.45, 2.75) is 25.9 Å². The van der Waals surface area contributed by atoms with E-state index in [1.807, 2.05) is 61.0 Å². The number of ether oxygens (including phenoxy) is 1. The van der Waals surface area contributed by atoms with Gasteiger partial charge in [0.25, 0.3) is 5.91 Å². The van der Waals surface area contributed by atoms with Gasteiger partial charge in [0, 0.05) is 59.3 Å². The Labute approximate surface area is 218 Å². The van der Waals surface area contributed by atoms with Crippen LogP contribution in [0.15, 0.2) is 60.9 Å². The number of aliphatic hydroxyl groups is 2. The molecule has 0 unspecified atom stereocenters. The normalized spacial score (nSPS) is 14.9. The standard InChI is InChI=1S/C26H28ClN5O3S/c1-17(2)35-21-6-3-19(4-7-21)29-25-28-16-18-9-10-32(24(18)30-25)20-5-8-22(23(27)15-20)26(33,34)31-11-13-36-14-12-31/h3-10,15-17,33-34H,11-14H2,1-2H3,(H,28,29,30). The third kappa shape index (κ3) is 5.16. The van der Waals surface area contributed by atoms with Crippen molar-refractivity contribution in [2.24, 2.45) is 0 Å². The van der Waals surface area contributed by atoms with Gasteiger partial charge in [-0.2, -0.15) is 16.7 Å². The van der Waals surface area contributed by atoms with Crippen LogP contribution in [0.3, 0.4) is 0 Å². The fraction of sp³-hybridized carbons (Fsp3) is 0.308. The molecule has 1 saturated heterocycles. The second-order valence-electron chi connectivity index (χ2n) is 8.87. The summed E-state index contributed by atoms with van der Waals surface area (Å²) in [7, 11) is 0. The summed E-state index contributed by atoms with van der Waals surface area (Å²) in [6, 6.07) is 14.7. The number of nitrogens with one attached hydrogen (secondary N) is 1. The van der Waals surface area contributed by atoms with Crippen molar-refractivity contribution in [3.63, 3.8) is 0 Å². The maximum absolute atomic E-state index is 10.9. The third-order valence-corrected chi connectivity index (χ3v) is 7.21. The van der Waals surface area contributed by atoms with Gasteiger partial charge in [0.15, 0.2) is 0 Å². The molecule has 0 radical (unpaired) electrons. The van der Waals surface area contributed by atoms with E-state index in [4.69, 9.17) is 21.3 Å². The van der Waals surface area contributed by atoms with Crippen LogP contribution in [0.5, 0.6) is 5.75 Å². The van der Waals surface area contributed by atoms with Gasteiger partial charge in [-0.3, -0.25) is 0 Å². The van der Waals surface area contributed by atoms with Crippen molar-refractivity contribution in [1.82, 2.24) is 19.4 Å². The van der Waals surface area contributed by atoms with E-state index < -0.39 is 5.91 Å². The van der Waals surface area contributed by atoms with Crippen LogP contribution in [0.25, 0.3) is 16.7 Å². The Kier molecular flexibility index (Phi) is 7.09. The molecule has 1 fully saturated rings. The topological polar surface area (TPSA) is 95.7 Å². The SMILES string of the molecule is CC(C)Oc1ccc(Nc2ncc3ccn(-c4ccc(C(O)(O)N5CCSCC5)c(Cl)c4)c3n2)cc1. The molecule has 0 saturated carbocycles. The van der Waals surface area contributed by atoms with E-state index in [0.717, 1.165) is 34.0 Å². The van der Waals surface area contributed by atoms with Gasteiger partial charge in [-0.1, -0.05) is 11.6 Å². The molecule has 8 nitrogen and oxygen atoms in total. The Hall–Kier alpha value is -2.82. The predicted octanol–water partition coefficient (Wildman–Crippen LogP) is 4.75. The molecule has 0 amide bonds. The largest absolute Gasteiger partial charge is 0.491 e. The lowest BCUT2D eigenvalue weighted by Crippen LogP contribution is -2.50. The average Bonchev–Trinajstić information content (AvgIpc) is 3.28. The van der Waals surface area contributed by atoms with E-state index in [0.29, 0.717) is 24.7 Å². The van der Waals surface area contributed by atoms with E-state index in [2.05, 4.69) is 10.3 Å². The highest BCUT2D eigenvalue weighted by atomic mass is 35.5. The molecule has 188 valence electrons. The second kappa shape index (κ2) is 10.3. The molecule has 36 heavy (non-hydrogen) atoms. The number of hydrogen-bond acceptors (Lipinski definition) is 8. The van der Waals surface area contributed by atoms with E-state index in [1.165, 1.54) is 0 Å². The molecule has 3 N–H and O–H groups in total. The van der Waals surface area contributed by atoms with Crippen LogP contribution in [0, 0.1) is 0 Å². The van der Waals surface area contributed by atoms with E-state index in [-0.39, 0.29) is 16.7 Å². The van der Waals surface area contributed by atoms with Crippen LogP contribution in [0.2, 0.25) is 5.02 Å². The summed E-state index contributed by atoms with van der Waals surface area (Å²) in [6.07, 6.45) is 3.76. The monoisotopic (exact) mass is 525 g/mol. The number of nitrogens with zero attached hydrogens (tertiary/aromatic N) is 4. The summed E-state index contributed by atoms with van der Waals surface area (Å²) < 4.78 is 7.59. The molecule has 0 atom stereocenters. The van der Waals surface area contributed by atoms with Gasteiger partial charge in [-0.05, 0) is 62.4 Å². The Bertz CT molecular complexity index is 1350. The van der Waals surface area contributed by atoms with Crippen LogP contribution < -0.4 is 10.1 Å². The maximum atomic E-state index is 10.9. The summed E-state index contributed by atoms with van der Waals surface area (Å²) in [6.45, 7) is 5.14. The highest BCUT2D eigenvalue weighted by molar-refractivity contribution is 7.99. The lowest BCUT2D eigenvalue weighted by atomic mass is 10.1. The van der Waals surface area contributed by atoms with Gasteiger partial charge in [-0.15, -0.1) is 0 Å². The van der Waals surface area contributed by atoms with Gasteiger partial charge < -0.3 is 24.8 Å². The summed E-state index contributed by atoms with van der Waals surface area (Å²) in [4.78, 5) is 10.8. The van der Waals surface area contributed by atoms with Crippen LogP contribution >= 0.6 is 23.4 Å². The minimum Gasteiger partial charge on any atom is -0.491 e. The highest BCUT2D eigenvalue weighted by Crippen LogP contribution is 2.33. The zero-order chi connectivity index (χ0) is 25.3. The summed E-state index contributed by atoms with van der Waals surface area (Å²) in [5.74, 6) is 0.829. The summed E-state index contributed by atoms with van der Waals surface area (Å²) in [5.41, 5.74) is 2.56. The van der Waals surface area contributed by atoms with E-state index >= 15 is 0 Å². The number of aromatic nitrogens is 3. The quantitative estimate of drug-likeness (QED) is 0.298. The molecule has 1 aliphatic rings. The fourth-order valence-corrected chi connectivity index (χ4v) is 5.38. The summed E-state index contributed by atoms with van der Waals surface area (Å²) >= 11 is 8.36. The van der Waals surface area contributed by atoms with Gasteiger partial charge >= 0.3 is 0 Å². The van der Waals surface area contributed by atoms with Crippen LogP contribution in [-0.2, 0) is 5.91 Å². The second-order valence-corrected chi connectivity index (χ2v) is 10.5. The number of rotatable bonds is 7. The molecule has 0 aliphatic carbocycles. The van der Waals surface area contributed by atoms with Crippen molar-refractivity contribution in [2.75, 3.05) is 29.9 Å². The minimum absolute atomic E-state index is 0.111. The summed E-state index contributed by atoms with van der Waals surface area (Å²) in [5, 5.41) is 26.1. The lowest BCUT2D eigenvalue weighted by molar-refractivity contribution is -0.273. The minimum atomic E-state index is -2.12. The highest BCUT2D eigenvalue weighted by Gasteiger charge is 2.36. The number of anilines is 2. The molecule has 1 aliphatic heterocycles. The molecule has 2 aromatic heterocycles. The molecule has 10 heteroatoms. The van der Waals surface area contributed by atoms with Crippen LogP contribution in [0.4, 0.5) is 11.6 Å². The Morgan fingerprint density at radius 1 is 1.08 bits per heavy atom.